The van der Waals surface area contributed by atoms with Crippen molar-refractivity contribution in [2.24, 2.45) is 0 Å². The fourth-order valence-electron chi connectivity index (χ4n) is 4.67. The Morgan fingerprint density at radius 3 is 2.53 bits per heavy atom. The Morgan fingerprint density at radius 1 is 1.00 bits per heavy atom. The van der Waals surface area contributed by atoms with Crippen LogP contribution in [0, 0.1) is 0 Å². The van der Waals surface area contributed by atoms with Gasteiger partial charge >= 0.3 is 0 Å². The van der Waals surface area contributed by atoms with Gasteiger partial charge in [0.25, 0.3) is 5.91 Å². The van der Waals surface area contributed by atoms with Gasteiger partial charge in [-0.25, -0.2) is 13.1 Å². The number of carbonyl (C=O) groups excluding carboxylic acids is 2. The molecular weight excluding hydrogens is 450 g/mol. The fourth-order valence-corrected chi connectivity index (χ4v) is 5.74. The summed E-state index contributed by atoms with van der Waals surface area (Å²) in [7, 11) is -2.09. The lowest BCUT2D eigenvalue weighted by Gasteiger charge is -2.23. The molecule has 0 aromatic heterocycles. The van der Waals surface area contributed by atoms with Crippen LogP contribution in [0.2, 0.25) is 0 Å². The Labute approximate surface area is 199 Å². The van der Waals surface area contributed by atoms with E-state index in [1.165, 1.54) is 11.0 Å². The Hall–Kier alpha value is -3.49. The molecule has 0 spiro atoms. The second-order valence-corrected chi connectivity index (χ2v) is 10.6. The molecule has 2 aliphatic rings. The van der Waals surface area contributed by atoms with E-state index in [1.54, 1.807) is 36.2 Å². The van der Waals surface area contributed by atoms with Crippen molar-refractivity contribution < 1.29 is 18.0 Å². The second kappa shape index (κ2) is 8.38. The van der Waals surface area contributed by atoms with Crippen LogP contribution in [0.1, 0.15) is 34.0 Å². The quantitative estimate of drug-likeness (QED) is 0.614. The van der Waals surface area contributed by atoms with E-state index >= 15 is 0 Å². The van der Waals surface area contributed by atoms with Crippen LogP contribution in [0.15, 0.2) is 71.6 Å². The zero-order valence-corrected chi connectivity index (χ0v) is 19.8. The van der Waals surface area contributed by atoms with E-state index in [4.69, 9.17) is 0 Å². The van der Waals surface area contributed by atoms with Crippen LogP contribution in [0.4, 0.5) is 11.4 Å². The molecule has 0 aliphatic carbocycles. The highest BCUT2D eigenvalue weighted by Gasteiger charge is 2.32. The lowest BCUT2D eigenvalue weighted by atomic mass is 10.1. The standard InChI is InChI=1S/C26H25N3O4S/c1-17-12-20-9-8-18(13-24(20)29(17)26(31)19-6-4-3-5-7-19)16-27-34(32,33)22-10-11-23-21(14-22)15-25(30)28(23)2/h3-11,13-14,17,27H,12,15-16H2,1-2H3/t17-/m0/s1. The minimum absolute atomic E-state index is 0.0157. The van der Waals surface area contributed by atoms with Gasteiger partial charge in [-0.3, -0.25) is 9.59 Å². The molecule has 0 fully saturated rings. The maximum Gasteiger partial charge on any atom is 0.258 e. The zero-order chi connectivity index (χ0) is 24.0. The number of benzene rings is 3. The number of anilines is 2. The van der Waals surface area contributed by atoms with Gasteiger partial charge in [0.1, 0.15) is 0 Å². The third kappa shape index (κ3) is 3.89. The lowest BCUT2D eigenvalue weighted by molar-refractivity contribution is -0.117. The summed E-state index contributed by atoms with van der Waals surface area (Å²) in [4.78, 5) is 28.5. The molecule has 3 aromatic rings. The molecule has 2 amide bonds. The van der Waals surface area contributed by atoms with Crippen LogP contribution in [0.3, 0.4) is 0 Å². The van der Waals surface area contributed by atoms with E-state index in [9.17, 15) is 18.0 Å². The first-order chi connectivity index (χ1) is 16.2. The number of likely N-dealkylation sites (N-methyl/N-ethyl adjacent to an activating group) is 1. The number of rotatable bonds is 5. The Kier molecular flexibility index (Phi) is 5.50. The number of nitrogens with one attached hydrogen (secondary N) is 1. The average molecular weight is 476 g/mol. The summed E-state index contributed by atoms with van der Waals surface area (Å²) in [6.07, 6.45) is 0.950. The first-order valence-corrected chi connectivity index (χ1v) is 12.6. The Balaban J connectivity index is 1.36. The van der Waals surface area contributed by atoms with Crippen LogP contribution in [0.25, 0.3) is 0 Å². The van der Waals surface area contributed by atoms with Crippen LogP contribution in [0.5, 0.6) is 0 Å². The number of amides is 2. The minimum Gasteiger partial charge on any atom is -0.315 e. The molecule has 0 unspecified atom stereocenters. The van der Waals surface area contributed by atoms with Crippen molar-refractivity contribution >= 4 is 33.2 Å². The predicted molar refractivity (Wildman–Crippen MR) is 130 cm³/mol. The summed E-state index contributed by atoms with van der Waals surface area (Å²) in [6, 6.07) is 19.6. The summed E-state index contributed by atoms with van der Waals surface area (Å²) >= 11 is 0. The summed E-state index contributed by atoms with van der Waals surface area (Å²) < 4.78 is 28.5. The normalized spacial score (nSPS) is 17.1. The van der Waals surface area contributed by atoms with Gasteiger partial charge in [-0.2, -0.15) is 0 Å². The number of nitrogens with zero attached hydrogens (tertiary/aromatic N) is 2. The number of sulfonamides is 1. The van der Waals surface area contributed by atoms with E-state index in [-0.39, 0.29) is 35.7 Å². The molecule has 2 heterocycles. The molecule has 7 nitrogen and oxygen atoms in total. The van der Waals surface area contributed by atoms with Crippen LogP contribution >= 0.6 is 0 Å². The third-order valence-electron chi connectivity index (χ3n) is 6.51. The van der Waals surface area contributed by atoms with Gasteiger partial charge in [0.05, 0.1) is 11.3 Å². The van der Waals surface area contributed by atoms with Crippen molar-refractivity contribution in [2.75, 3.05) is 16.8 Å². The maximum atomic E-state index is 13.2. The minimum atomic E-state index is -3.77. The molecule has 174 valence electrons. The summed E-state index contributed by atoms with van der Waals surface area (Å²) in [5.74, 6) is -0.123. The fraction of sp³-hybridized carbons (Fsp3) is 0.231. The summed E-state index contributed by atoms with van der Waals surface area (Å²) in [5.41, 5.74) is 4.71. The first-order valence-electron chi connectivity index (χ1n) is 11.1. The summed E-state index contributed by atoms with van der Waals surface area (Å²) in [5, 5.41) is 0. The molecule has 34 heavy (non-hydrogen) atoms. The van der Waals surface area contributed by atoms with E-state index in [0.29, 0.717) is 11.1 Å². The molecule has 1 atom stereocenters. The molecule has 0 bridgehead atoms. The molecule has 0 saturated carbocycles. The first kappa shape index (κ1) is 22.3. The van der Waals surface area contributed by atoms with Crippen molar-refractivity contribution in [1.29, 1.82) is 0 Å². The van der Waals surface area contributed by atoms with Crippen LogP contribution < -0.4 is 14.5 Å². The van der Waals surface area contributed by atoms with Crippen molar-refractivity contribution in [3.05, 3.63) is 89.0 Å². The van der Waals surface area contributed by atoms with Crippen LogP contribution in [-0.2, 0) is 34.2 Å². The van der Waals surface area contributed by atoms with Gasteiger partial charge in [0.2, 0.25) is 15.9 Å². The van der Waals surface area contributed by atoms with Crippen molar-refractivity contribution in [3.63, 3.8) is 0 Å². The molecule has 2 aliphatic heterocycles. The molecular formula is C26H25N3O4S. The lowest BCUT2D eigenvalue weighted by Crippen LogP contribution is -2.35. The van der Waals surface area contributed by atoms with Crippen LogP contribution in [-0.4, -0.2) is 33.3 Å². The molecule has 0 radical (unpaired) electrons. The number of fused-ring (bicyclic) bond motifs is 2. The number of carbonyl (C=O) groups is 2. The van der Waals surface area contributed by atoms with Crippen molar-refractivity contribution in [2.45, 2.75) is 37.2 Å². The molecule has 1 N–H and O–H groups in total. The summed E-state index contributed by atoms with van der Waals surface area (Å²) in [6.45, 7) is 2.10. The zero-order valence-electron chi connectivity index (χ0n) is 19.0. The Morgan fingerprint density at radius 2 is 1.76 bits per heavy atom. The van der Waals surface area contributed by atoms with Gasteiger partial charge in [-0.05, 0) is 66.4 Å². The molecule has 3 aromatic carbocycles. The molecule has 8 heteroatoms. The molecule has 0 saturated heterocycles. The van der Waals surface area contributed by atoms with E-state index in [1.807, 2.05) is 43.3 Å². The van der Waals surface area contributed by atoms with Crippen molar-refractivity contribution in [3.8, 4) is 0 Å². The van der Waals surface area contributed by atoms with Crippen molar-refractivity contribution in [1.82, 2.24) is 4.72 Å². The monoisotopic (exact) mass is 475 g/mol. The van der Waals surface area contributed by atoms with E-state index in [2.05, 4.69) is 4.72 Å². The largest absolute Gasteiger partial charge is 0.315 e. The van der Waals surface area contributed by atoms with E-state index < -0.39 is 10.0 Å². The number of hydrogen-bond donors (Lipinski definition) is 1. The van der Waals surface area contributed by atoms with E-state index in [0.717, 1.165) is 28.9 Å². The number of hydrogen-bond acceptors (Lipinski definition) is 4. The van der Waals surface area contributed by atoms with Gasteiger partial charge in [-0.1, -0.05) is 30.3 Å². The topological polar surface area (TPSA) is 86.8 Å². The highest BCUT2D eigenvalue weighted by molar-refractivity contribution is 7.89. The highest BCUT2D eigenvalue weighted by atomic mass is 32.2. The SMILES string of the molecule is C[C@H]1Cc2ccc(CNS(=O)(=O)c3ccc4c(c3)CC(=O)N4C)cc2N1C(=O)c1ccccc1. The third-order valence-corrected chi connectivity index (χ3v) is 7.91. The highest BCUT2D eigenvalue weighted by Crippen LogP contribution is 2.34. The molecule has 5 rings (SSSR count). The maximum absolute atomic E-state index is 13.2. The van der Waals surface area contributed by atoms with Gasteiger partial charge in [0.15, 0.2) is 0 Å². The van der Waals surface area contributed by atoms with Gasteiger partial charge in [-0.15, -0.1) is 0 Å². The Bertz CT molecular complexity index is 1400. The smallest absolute Gasteiger partial charge is 0.258 e. The van der Waals surface area contributed by atoms with Gasteiger partial charge in [0, 0.05) is 36.6 Å². The second-order valence-electron chi connectivity index (χ2n) is 8.80. The van der Waals surface area contributed by atoms with Gasteiger partial charge < -0.3 is 9.80 Å². The average Bonchev–Trinajstić information content (AvgIpc) is 3.31. The predicted octanol–water partition coefficient (Wildman–Crippen LogP) is 3.28.